The monoisotopic (exact) mass is 312 g/mol. The van der Waals surface area contributed by atoms with Gasteiger partial charge in [-0.25, -0.2) is 0 Å². The van der Waals surface area contributed by atoms with E-state index in [9.17, 15) is 4.79 Å². The lowest BCUT2D eigenvalue weighted by Crippen LogP contribution is -2.47. The van der Waals surface area contributed by atoms with Crippen molar-refractivity contribution in [1.82, 2.24) is 4.90 Å². The van der Waals surface area contributed by atoms with Crippen molar-refractivity contribution in [3.63, 3.8) is 0 Å². The van der Waals surface area contributed by atoms with Crippen LogP contribution in [0, 0.1) is 17.8 Å². The van der Waals surface area contributed by atoms with Crippen molar-refractivity contribution >= 4 is 35.1 Å². The Kier molecular flexibility index (Phi) is 3.50. The van der Waals surface area contributed by atoms with Crippen molar-refractivity contribution in [3.05, 3.63) is 0 Å². The van der Waals surface area contributed by atoms with E-state index in [2.05, 4.69) is 0 Å². The van der Waals surface area contributed by atoms with E-state index >= 15 is 0 Å². The Morgan fingerprint density at radius 1 is 1.25 bits per heavy atom. The zero-order valence-electron chi connectivity index (χ0n) is 11.6. The van der Waals surface area contributed by atoms with Crippen molar-refractivity contribution in [1.29, 1.82) is 0 Å². The van der Waals surface area contributed by atoms with Gasteiger partial charge in [-0.05, 0) is 49.7 Å². The van der Waals surface area contributed by atoms with Gasteiger partial charge in [-0.1, -0.05) is 0 Å². The number of fused-ring (bicyclic) bond motifs is 2. The minimum atomic E-state index is 0.152. The number of hydrogen-bond acceptors (Lipinski definition) is 3. The van der Waals surface area contributed by atoms with E-state index in [-0.39, 0.29) is 11.3 Å². The highest BCUT2D eigenvalue weighted by atomic mass is 35.5. The molecule has 3 atom stereocenters. The number of hydrogen-bond donors (Lipinski definition) is 0. The van der Waals surface area contributed by atoms with Crippen LogP contribution in [-0.4, -0.2) is 39.7 Å². The molecular formula is C15H21ClN2OS. The smallest absolute Gasteiger partial charge is 0.234 e. The number of aliphatic imine (C=N–C) groups is 1. The summed E-state index contributed by atoms with van der Waals surface area (Å²) in [5, 5.41) is 0.576. The van der Waals surface area contributed by atoms with Crippen LogP contribution in [0.3, 0.4) is 0 Å². The zero-order chi connectivity index (χ0) is 13.7. The van der Waals surface area contributed by atoms with Crippen molar-refractivity contribution in [3.8, 4) is 0 Å². The van der Waals surface area contributed by atoms with Crippen LogP contribution in [0.1, 0.15) is 38.5 Å². The van der Waals surface area contributed by atoms with Gasteiger partial charge in [-0.3, -0.25) is 9.79 Å². The van der Waals surface area contributed by atoms with Crippen LogP contribution in [0.5, 0.6) is 0 Å². The van der Waals surface area contributed by atoms with E-state index in [0.717, 1.165) is 43.8 Å². The number of carbonyl (C=O) groups is 1. The minimum Gasteiger partial charge on any atom is -0.300 e. The molecule has 110 valence electrons. The Hall–Kier alpha value is -0.220. The quantitative estimate of drug-likeness (QED) is 0.697. The molecule has 5 heteroatoms. The molecule has 0 spiro atoms. The van der Waals surface area contributed by atoms with Gasteiger partial charge in [0.05, 0.1) is 5.92 Å². The van der Waals surface area contributed by atoms with E-state index in [1.165, 1.54) is 12.8 Å². The molecule has 4 rings (SSSR count). The molecule has 1 aliphatic carbocycles. The fourth-order valence-electron chi connectivity index (χ4n) is 4.34. The van der Waals surface area contributed by atoms with Gasteiger partial charge >= 0.3 is 0 Å². The normalized spacial score (nSPS) is 44.2. The highest BCUT2D eigenvalue weighted by Gasteiger charge is 2.50. The van der Waals surface area contributed by atoms with E-state index in [1.807, 2.05) is 16.7 Å². The summed E-state index contributed by atoms with van der Waals surface area (Å²) in [5.74, 6) is 3.93. The summed E-state index contributed by atoms with van der Waals surface area (Å²) < 4.78 is 0. The number of nitrogens with zero attached hydrogens (tertiary/aromatic N) is 2. The maximum Gasteiger partial charge on any atom is 0.234 e. The molecule has 0 N–H and O–H groups in total. The summed E-state index contributed by atoms with van der Waals surface area (Å²) in [4.78, 5) is 19.7. The number of thioether (sulfide) groups is 1. The second-order valence-electron chi connectivity index (χ2n) is 6.56. The second kappa shape index (κ2) is 5.20. The lowest BCUT2D eigenvalue weighted by atomic mass is 9.74. The van der Waals surface area contributed by atoms with Gasteiger partial charge < -0.3 is 4.90 Å². The third-order valence-electron chi connectivity index (χ3n) is 5.46. The fraction of sp³-hybridized carbons (Fsp3) is 0.867. The molecule has 3 fully saturated rings. The zero-order valence-corrected chi connectivity index (χ0v) is 13.2. The Morgan fingerprint density at radius 2 is 2.05 bits per heavy atom. The number of alkyl halides is 1. The standard InChI is InChI=1S/C15H21ClN2OS/c16-10-5-3-9(4-6-10)11-8-20-14-13(11)15(19)18-7-1-2-12(18)17-14/h9-11,13-14H,1-8H2. The predicted octanol–water partition coefficient (Wildman–Crippen LogP) is 3.12. The largest absolute Gasteiger partial charge is 0.300 e. The fourth-order valence-corrected chi connectivity index (χ4v) is 6.22. The average Bonchev–Trinajstić information content (AvgIpc) is 3.07. The first-order valence-electron chi connectivity index (χ1n) is 7.88. The second-order valence-corrected chi connectivity index (χ2v) is 8.33. The van der Waals surface area contributed by atoms with Crippen LogP contribution in [-0.2, 0) is 4.79 Å². The van der Waals surface area contributed by atoms with Gasteiger partial charge in [0.15, 0.2) is 0 Å². The molecule has 3 aliphatic heterocycles. The van der Waals surface area contributed by atoms with Crippen molar-refractivity contribution in [2.24, 2.45) is 22.7 Å². The Morgan fingerprint density at radius 3 is 2.85 bits per heavy atom. The highest BCUT2D eigenvalue weighted by Crippen LogP contribution is 2.49. The Balaban J connectivity index is 1.55. The molecule has 1 amide bonds. The first-order chi connectivity index (χ1) is 9.74. The van der Waals surface area contributed by atoms with Crippen LogP contribution >= 0.6 is 23.4 Å². The summed E-state index contributed by atoms with van der Waals surface area (Å²) >= 11 is 8.14. The average molecular weight is 313 g/mol. The van der Waals surface area contributed by atoms with E-state index in [4.69, 9.17) is 16.6 Å². The third kappa shape index (κ3) is 2.10. The van der Waals surface area contributed by atoms with Gasteiger partial charge in [0.2, 0.25) is 5.91 Å². The lowest BCUT2D eigenvalue weighted by Gasteiger charge is -2.36. The van der Waals surface area contributed by atoms with Crippen molar-refractivity contribution in [2.45, 2.75) is 49.3 Å². The van der Waals surface area contributed by atoms with Crippen LogP contribution in [0.2, 0.25) is 0 Å². The van der Waals surface area contributed by atoms with E-state index in [0.29, 0.717) is 23.1 Å². The molecule has 0 radical (unpaired) electrons. The van der Waals surface area contributed by atoms with Crippen molar-refractivity contribution < 1.29 is 4.79 Å². The lowest BCUT2D eigenvalue weighted by molar-refractivity contribution is -0.134. The molecule has 0 aromatic rings. The van der Waals surface area contributed by atoms with Gasteiger partial charge in [-0.15, -0.1) is 23.4 Å². The maximum atomic E-state index is 12.8. The Labute approximate surface area is 129 Å². The van der Waals surface area contributed by atoms with Crippen molar-refractivity contribution in [2.75, 3.05) is 12.3 Å². The maximum absolute atomic E-state index is 12.8. The Bertz CT molecular complexity index is 447. The van der Waals surface area contributed by atoms with E-state index in [1.54, 1.807) is 0 Å². The number of amidine groups is 1. The van der Waals surface area contributed by atoms with Gasteiger partial charge in [0.25, 0.3) is 0 Å². The number of halogens is 1. The topological polar surface area (TPSA) is 32.7 Å². The number of carbonyl (C=O) groups excluding carboxylic acids is 1. The molecule has 1 saturated carbocycles. The molecule has 4 aliphatic rings. The summed E-state index contributed by atoms with van der Waals surface area (Å²) in [7, 11) is 0. The van der Waals surface area contributed by atoms with E-state index < -0.39 is 0 Å². The summed E-state index contributed by atoms with van der Waals surface area (Å²) in [6, 6.07) is 0. The first kappa shape index (κ1) is 13.4. The van der Waals surface area contributed by atoms with Gasteiger partial charge in [-0.2, -0.15) is 0 Å². The number of rotatable bonds is 1. The SMILES string of the molecule is O=C1C2C(N=C3CCCN13)SCC2C1CCC(Cl)CC1. The number of amides is 1. The molecule has 2 saturated heterocycles. The highest BCUT2D eigenvalue weighted by molar-refractivity contribution is 8.00. The van der Waals surface area contributed by atoms with Gasteiger partial charge in [0, 0.05) is 18.3 Å². The molecule has 3 heterocycles. The summed E-state index contributed by atoms with van der Waals surface area (Å²) in [6.07, 6.45) is 6.74. The summed E-state index contributed by atoms with van der Waals surface area (Å²) in [5.41, 5.74) is 0. The third-order valence-corrected chi connectivity index (χ3v) is 7.21. The predicted molar refractivity (Wildman–Crippen MR) is 83.2 cm³/mol. The molecule has 3 unspecified atom stereocenters. The van der Waals surface area contributed by atoms with Gasteiger partial charge in [0.1, 0.15) is 11.2 Å². The summed E-state index contributed by atoms with van der Waals surface area (Å²) in [6.45, 7) is 0.896. The minimum absolute atomic E-state index is 0.152. The molecule has 20 heavy (non-hydrogen) atoms. The molecule has 0 bridgehead atoms. The molecule has 0 aromatic carbocycles. The molecule has 3 nitrogen and oxygen atoms in total. The van der Waals surface area contributed by atoms with Crippen LogP contribution in [0.4, 0.5) is 0 Å². The molecule has 0 aromatic heterocycles. The van der Waals surface area contributed by atoms with Crippen LogP contribution in [0.15, 0.2) is 4.99 Å². The van der Waals surface area contributed by atoms with Crippen LogP contribution in [0.25, 0.3) is 0 Å². The first-order valence-corrected chi connectivity index (χ1v) is 9.36. The van der Waals surface area contributed by atoms with Crippen LogP contribution < -0.4 is 0 Å². The molecular weight excluding hydrogens is 292 g/mol.